The Morgan fingerprint density at radius 3 is 3.00 bits per heavy atom. The summed E-state index contributed by atoms with van der Waals surface area (Å²) in [6.07, 6.45) is 0.965. The lowest BCUT2D eigenvalue weighted by Crippen LogP contribution is -2.07. The average Bonchev–Trinajstić information content (AvgIpc) is 2.23. The number of hydrogen-bond donors (Lipinski definition) is 1. The summed E-state index contributed by atoms with van der Waals surface area (Å²) in [5.74, 6) is 1.49. The fraction of sp³-hybridized carbons (Fsp3) is 0.545. The zero-order valence-electron chi connectivity index (χ0n) is 9.00. The largest absolute Gasteiger partial charge is 0.380 e. The number of anilines is 1. The molecule has 0 unspecified atom stereocenters. The van der Waals surface area contributed by atoms with E-state index in [-0.39, 0.29) is 0 Å². The van der Waals surface area contributed by atoms with Crippen molar-refractivity contribution in [1.29, 1.82) is 0 Å². The predicted octanol–water partition coefficient (Wildman–Crippen LogP) is 2.45. The molecule has 15 heavy (non-hydrogen) atoms. The third-order valence-electron chi connectivity index (χ3n) is 1.88. The number of rotatable bonds is 7. The van der Waals surface area contributed by atoms with Crippen molar-refractivity contribution in [3.8, 4) is 0 Å². The second-order valence-corrected chi connectivity index (χ2v) is 3.62. The Morgan fingerprint density at radius 2 is 2.27 bits per heavy atom. The molecule has 0 saturated carbocycles. The minimum absolute atomic E-state index is 0.562. The Labute approximate surface area is 95.8 Å². The van der Waals surface area contributed by atoms with E-state index >= 15 is 0 Å². The SMILES string of the molecule is Cc1cccc(NCCCOCCCl)n1. The first-order chi connectivity index (χ1) is 7.33. The van der Waals surface area contributed by atoms with Crippen LogP contribution in [0.5, 0.6) is 0 Å². The molecule has 0 aliphatic carbocycles. The second-order valence-electron chi connectivity index (χ2n) is 3.25. The van der Waals surface area contributed by atoms with E-state index in [0.717, 1.165) is 31.1 Å². The Morgan fingerprint density at radius 1 is 1.40 bits per heavy atom. The van der Waals surface area contributed by atoms with E-state index < -0.39 is 0 Å². The van der Waals surface area contributed by atoms with Crippen LogP contribution in [0.3, 0.4) is 0 Å². The Bertz CT molecular complexity index is 281. The Hall–Kier alpha value is -0.800. The van der Waals surface area contributed by atoms with Crippen molar-refractivity contribution in [2.24, 2.45) is 0 Å². The van der Waals surface area contributed by atoms with Crippen LogP contribution in [0.2, 0.25) is 0 Å². The average molecular weight is 229 g/mol. The summed E-state index contributed by atoms with van der Waals surface area (Å²) in [7, 11) is 0. The fourth-order valence-corrected chi connectivity index (χ4v) is 1.30. The molecule has 1 N–H and O–H groups in total. The zero-order chi connectivity index (χ0) is 10.9. The number of alkyl halides is 1. The minimum Gasteiger partial charge on any atom is -0.380 e. The summed E-state index contributed by atoms with van der Waals surface area (Å²) in [6, 6.07) is 5.94. The number of nitrogens with zero attached hydrogens (tertiary/aromatic N) is 1. The molecule has 1 aromatic heterocycles. The van der Waals surface area contributed by atoms with Crippen molar-refractivity contribution in [3.63, 3.8) is 0 Å². The molecule has 0 aliphatic heterocycles. The van der Waals surface area contributed by atoms with E-state index in [0.29, 0.717) is 12.5 Å². The van der Waals surface area contributed by atoms with Crippen LogP contribution in [-0.4, -0.2) is 30.6 Å². The van der Waals surface area contributed by atoms with E-state index in [1.54, 1.807) is 0 Å². The normalized spacial score (nSPS) is 10.3. The number of aryl methyl sites for hydroxylation is 1. The summed E-state index contributed by atoms with van der Waals surface area (Å²) >= 11 is 5.48. The number of nitrogens with one attached hydrogen (secondary N) is 1. The maximum atomic E-state index is 5.48. The maximum Gasteiger partial charge on any atom is 0.126 e. The first-order valence-electron chi connectivity index (χ1n) is 5.14. The quantitative estimate of drug-likeness (QED) is 0.575. The van der Waals surface area contributed by atoms with Gasteiger partial charge >= 0.3 is 0 Å². The van der Waals surface area contributed by atoms with Gasteiger partial charge in [0.2, 0.25) is 0 Å². The van der Waals surface area contributed by atoms with Crippen LogP contribution in [0.1, 0.15) is 12.1 Å². The number of ether oxygens (including phenoxy) is 1. The molecule has 0 bridgehead atoms. The summed E-state index contributed by atoms with van der Waals surface area (Å²) in [5.41, 5.74) is 1.03. The van der Waals surface area contributed by atoms with E-state index in [2.05, 4.69) is 10.3 Å². The highest BCUT2D eigenvalue weighted by Gasteiger charge is 1.93. The summed E-state index contributed by atoms with van der Waals surface area (Å²) in [5, 5.41) is 3.24. The molecule has 0 amide bonds. The van der Waals surface area contributed by atoms with Gasteiger partial charge in [0.1, 0.15) is 5.82 Å². The van der Waals surface area contributed by atoms with E-state index in [1.165, 1.54) is 0 Å². The molecule has 0 aliphatic rings. The lowest BCUT2D eigenvalue weighted by molar-refractivity contribution is 0.149. The lowest BCUT2D eigenvalue weighted by atomic mass is 10.3. The Kier molecular flexibility index (Phi) is 6.12. The molecule has 0 fully saturated rings. The van der Waals surface area contributed by atoms with Crippen LogP contribution in [0.15, 0.2) is 18.2 Å². The Balaban J connectivity index is 2.10. The highest BCUT2D eigenvalue weighted by molar-refractivity contribution is 6.17. The van der Waals surface area contributed by atoms with Crippen LogP contribution >= 0.6 is 11.6 Å². The molecular formula is C11H17ClN2O. The van der Waals surface area contributed by atoms with Gasteiger partial charge in [0.25, 0.3) is 0 Å². The maximum absolute atomic E-state index is 5.48. The number of pyridine rings is 1. The van der Waals surface area contributed by atoms with Crippen molar-refractivity contribution in [2.75, 3.05) is 31.0 Å². The van der Waals surface area contributed by atoms with Crippen LogP contribution in [-0.2, 0) is 4.74 Å². The molecule has 84 valence electrons. The molecule has 0 radical (unpaired) electrons. The first-order valence-corrected chi connectivity index (χ1v) is 5.67. The summed E-state index contributed by atoms with van der Waals surface area (Å²) < 4.78 is 5.25. The molecule has 1 rings (SSSR count). The molecule has 3 nitrogen and oxygen atoms in total. The van der Waals surface area contributed by atoms with Crippen molar-refractivity contribution in [1.82, 2.24) is 4.98 Å². The smallest absolute Gasteiger partial charge is 0.126 e. The number of hydrogen-bond acceptors (Lipinski definition) is 3. The fourth-order valence-electron chi connectivity index (χ4n) is 1.19. The summed E-state index contributed by atoms with van der Waals surface area (Å²) in [4.78, 5) is 4.33. The van der Waals surface area contributed by atoms with Gasteiger partial charge in [-0.25, -0.2) is 4.98 Å². The van der Waals surface area contributed by atoms with Crippen molar-refractivity contribution < 1.29 is 4.74 Å². The summed E-state index contributed by atoms with van der Waals surface area (Å²) in [6.45, 7) is 4.23. The topological polar surface area (TPSA) is 34.1 Å². The number of halogens is 1. The molecular weight excluding hydrogens is 212 g/mol. The minimum atomic E-state index is 0.562. The molecule has 0 spiro atoms. The predicted molar refractivity (Wildman–Crippen MR) is 63.6 cm³/mol. The van der Waals surface area contributed by atoms with Gasteiger partial charge in [-0.15, -0.1) is 11.6 Å². The lowest BCUT2D eigenvalue weighted by Gasteiger charge is -2.06. The van der Waals surface area contributed by atoms with Crippen LogP contribution in [0.25, 0.3) is 0 Å². The second kappa shape index (κ2) is 7.49. The van der Waals surface area contributed by atoms with Crippen LogP contribution < -0.4 is 5.32 Å². The van der Waals surface area contributed by atoms with Gasteiger partial charge in [0.05, 0.1) is 6.61 Å². The highest BCUT2D eigenvalue weighted by atomic mass is 35.5. The van der Waals surface area contributed by atoms with Crippen LogP contribution in [0.4, 0.5) is 5.82 Å². The zero-order valence-corrected chi connectivity index (χ0v) is 9.76. The first kappa shape index (κ1) is 12.3. The molecule has 0 saturated heterocycles. The molecule has 1 aromatic rings. The van der Waals surface area contributed by atoms with Gasteiger partial charge in [0, 0.05) is 24.7 Å². The molecule has 1 heterocycles. The van der Waals surface area contributed by atoms with Gasteiger partial charge in [-0.3, -0.25) is 0 Å². The van der Waals surface area contributed by atoms with Gasteiger partial charge in [-0.1, -0.05) is 6.07 Å². The van der Waals surface area contributed by atoms with Gasteiger partial charge in [-0.05, 0) is 25.5 Å². The van der Waals surface area contributed by atoms with Crippen LogP contribution in [0, 0.1) is 6.92 Å². The molecule has 0 atom stereocenters. The van der Waals surface area contributed by atoms with Gasteiger partial charge in [-0.2, -0.15) is 0 Å². The van der Waals surface area contributed by atoms with Gasteiger partial charge in [0.15, 0.2) is 0 Å². The van der Waals surface area contributed by atoms with Crippen molar-refractivity contribution >= 4 is 17.4 Å². The third-order valence-corrected chi connectivity index (χ3v) is 2.04. The van der Waals surface area contributed by atoms with Gasteiger partial charge < -0.3 is 10.1 Å². The van der Waals surface area contributed by atoms with E-state index in [1.807, 2.05) is 25.1 Å². The highest BCUT2D eigenvalue weighted by Crippen LogP contribution is 2.03. The van der Waals surface area contributed by atoms with E-state index in [4.69, 9.17) is 16.3 Å². The molecule has 0 aromatic carbocycles. The molecule has 4 heteroatoms. The third kappa shape index (κ3) is 5.60. The number of aromatic nitrogens is 1. The standard InChI is InChI=1S/C11H17ClN2O/c1-10-4-2-5-11(14-10)13-7-3-8-15-9-6-12/h2,4-5H,3,6-9H2,1H3,(H,13,14). The van der Waals surface area contributed by atoms with Crippen molar-refractivity contribution in [2.45, 2.75) is 13.3 Å². The van der Waals surface area contributed by atoms with E-state index in [9.17, 15) is 0 Å². The monoisotopic (exact) mass is 228 g/mol. The van der Waals surface area contributed by atoms with Crippen molar-refractivity contribution in [3.05, 3.63) is 23.9 Å².